The third-order valence-corrected chi connectivity index (χ3v) is 3.07. The molecule has 0 amide bonds. The number of allylic oxidation sites excluding steroid dienone is 1. The predicted molar refractivity (Wildman–Crippen MR) is 72.2 cm³/mol. The first-order chi connectivity index (χ1) is 10.3. The highest BCUT2D eigenvalue weighted by Crippen LogP contribution is 2.39. The predicted octanol–water partition coefficient (Wildman–Crippen LogP) is 2.66. The van der Waals surface area contributed by atoms with E-state index in [1.54, 1.807) is 6.07 Å². The zero-order valence-electron chi connectivity index (χ0n) is 10.5. The smallest absolute Gasteiger partial charge is 0.416 e. The summed E-state index contributed by atoms with van der Waals surface area (Å²) in [6.45, 7) is 0. The molecule has 0 fully saturated rings. The second-order valence-corrected chi connectivity index (χ2v) is 4.76. The van der Waals surface area contributed by atoms with Crippen molar-refractivity contribution in [1.29, 1.82) is 5.26 Å². The van der Waals surface area contributed by atoms with Crippen LogP contribution in [-0.2, 0) is 6.18 Å². The van der Waals surface area contributed by atoms with Crippen molar-refractivity contribution >= 4 is 27.2 Å². The summed E-state index contributed by atoms with van der Waals surface area (Å²) in [5.41, 5.74) is -1.29. The Labute approximate surface area is 129 Å². The number of aromatic nitrogens is 4. The zero-order chi connectivity index (χ0) is 16.3. The summed E-state index contributed by atoms with van der Waals surface area (Å²) in [6.07, 6.45) is -3.52. The number of aromatic hydroxyl groups is 1. The Hall–Kier alpha value is -2.61. The van der Waals surface area contributed by atoms with E-state index < -0.39 is 17.5 Å². The van der Waals surface area contributed by atoms with Gasteiger partial charge in [-0.05, 0) is 33.3 Å². The molecule has 0 radical (unpaired) electrons. The monoisotopic (exact) mass is 374 g/mol. The molecule has 3 N–H and O–H groups in total. The van der Waals surface area contributed by atoms with Gasteiger partial charge in [-0.1, -0.05) is 0 Å². The number of benzene rings is 1. The van der Waals surface area contributed by atoms with Crippen LogP contribution in [0, 0.1) is 11.3 Å². The Morgan fingerprint density at radius 3 is 2.73 bits per heavy atom. The fourth-order valence-electron chi connectivity index (χ4n) is 1.45. The molecular formula is C11H6BrF3N6O. The molecule has 22 heavy (non-hydrogen) atoms. The van der Waals surface area contributed by atoms with Gasteiger partial charge in [0.15, 0.2) is 5.75 Å². The number of H-pyrrole nitrogens is 1. The molecule has 1 aromatic heterocycles. The van der Waals surface area contributed by atoms with Gasteiger partial charge in [0.2, 0.25) is 5.82 Å². The van der Waals surface area contributed by atoms with Gasteiger partial charge in [-0.3, -0.25) is 0 Å². The first-order valence-corrected chi connectivity index (χ1v) is 6.32. The lowest BCUT2D eigenvalue weighted by Gasteiger charge is -2.12. The number of nitriles is 1. The topological polar surface area (TPSA) is 111 Å². The van der Waals surface area contributed by atoms with Crippen molar-refractivity contribution in [1.82, 2.24) is 20.6 Å². The van der Waals surface area contributed by atoms with E-state index in [0.29, 0.717) is 6.07 Å². The van der Waals surface area contributed by atoms with Crippen molar-refractivity contribution in [2.45, 2.75) is 6.18 Å². The lowest BCUT2D eigenvalue weighted by atomic mass is 10.1. The molecule has 0 unspecified atom stereocenters. The number of rotatable bonds is 3. The second-order valence-electron chi connectivity index (χ2n) is 3.90. The van der Waals surface area contributed by atoms with Gasteiger partial charge in [-0.15, -0.1) is 10.2 Å². The molecule has 1 aromatic carbocycles. The maximum atomic E-state index is 12.7. The average Bonchev–Trinajstić information content (AvgIpc) is 2.96. The first-order valence-electron chi connectivity index (χ1n) is 5.53. The van der Waals surface area contributed by atoms with Gasteiger partial charge in [0.1, 0.15) is 11.6 Å². The minimum atomic E-state index is -4.58. The number of tetrazole rings is 1. The number of hydrogen-bond acceptors (Lipinski definition) is 6. The molecule has 0 aliphatic carbocycles. The summed E-state index contributed by atoms with van der Waals surface area (Å²) >= 11 is 2.84. The molecule has 0 aliphatic heterocycles. The highest BCUT2D eigenvalue weighted by atomic mass is 79.9. The molecule has 0 saturated heterocycles. The van der Waals surface area contributed by atoms with E-state index in [1.165, 1.54) is 0 Å². The molecule has 114 valence electrons. The largest absolute Gasteiger partial charge is 0.505 e. The van der Waals surface area contributed by atoms with Gasteiger partial charge < -0.3 is 10.4 Å². The van der Waals surface area contributed by atoms with E-state index in [2.05, 4.69) is 41.9 Å². The van der Waals surface area contributed by atoms with Crippen LogP contribution in [0.3, 0.4) is 0 Å². The number of alkyl halides is 3. The van der Waals surface area contributed by atoms with Gasteiger partial charge in [0, 0.05) is 6.20 Å². The minimum absolute atomic E-state index is 0.0412. The van der Waals surface area contributed by atoms with E-state index in [1.807, 2.05) is 0 Å². The number of nitrogens with zero attached hydrogens (tertiary/aromatic N) is 4. The molecule has 0 spiro atoms. The van der Waals surface area contributed by atoms with Gasteiger partial charge in [0.25, 0.3) is 0 Å². The molecule has 0 aliphatic rings. The average molecular weight is 375 g/mol. The summed E-state index contributed by atoms with van der Waals surface area (Å²) in [7, 11) is 0. The number of phenols is 1. The van der Waals surface area contributed by atoms with Gasteiger partial charge in [0.05, 0.1) is 15.7 Å². The third kappa shape index (κ3) is 3.34. The molecule has 1 heterocycles. The Bertz CT molecular complexity index is 750. The SMILES string of the molecule is N#CC(=CNc1cc(C(F)(F)F)cc(Br)c1O)c1nn[nH]n1. The van der Waals surface area contributed by atoms with Crippen molar-refractivity contribution < 1.29 is 18.3 Å². The number of phenolic OH excluding ortho intramolecular Hbond substituents is 1. The highest BCUT2D eigenvalue weighted by Gasteiger charge is 2.32. The van der Waals surface area contributed by atoms with Crippen molar-refractivity contribution in [2.75, 3.05) is 5.32 Å². The molecule has 7 nitrogen and oxygen atoms in total. The molecular weight excluding hydrogens is 369 g/mol. The van der Waals surface area contributed by atoms with E-state index in [4.69, 9.17) is 5.26 Å². The fourth-order valence-corrected chi connectivity index (χ4v) is 1.91. The number of hydrogen-bond donors (Lipinski definition) is 3. The standard InChI is InChI=1S/C11H6BrF3N6O/c12-7-1-6(11(13,14)15)2-8(9(7)22)17-4-5(3-16)10-18-20-21-19-10/h1-2,4,17,22H,(H,18,19,20,21). The Morgan fingerprint density at radius 1 is 1.45 bits per heavy atom. The lowest BCUT2D eigenvalue weighted by molar-refractivity contribution is -0.137. The van der Waals surface area contributed by atoms with Crippen molar-refractivity contribution in [2.24, 2.45) is 0 Å². The van der Waals surface area contributed by atoms with Gasteiger partial charge >= 0.3 is 6.18 Å². The Morgan fingerprint density at radius 2 is 2.18 bits per heavy atom. The van der Waals surface area contributed by atoms with E-state index >= 15 is 0 Å². The molecule has 0 atom stereocenters. The van der Waals surface area contributed by atoms with Crippen molar-refractivity contribution in [3.8, 4) is 11.8 Å². The van der Waals surface area contributed by atoms with Gasteiger partial charge in [-0.2, -0.15) is 23.6 Å². The number of anilines is 1. The summed E-state index contributed by atoms with van der Waals surface area (Å²) in [6, 6.07) is 3.21. The van der Waals surface area contributed by atoms with Crippen LogP contribution in [0.5, 0.6) is 5.75 Å². The number of nitrogens with one attached hydrogen (secondary N) is 2. The molecule has 0 bridgehead atoms. The molecule has 0 saturated carbocycles. The summed E-state index contributed by atoms with van der Waals surface area (Å²) in [5.74, 6) is -0.477. The van der Waals surface area contributed by atoms with E-state index in [0.717, 1.165) is 12.3 Å². The van der Waals surface area contributed by atoms with Crippen LogP contribution in [0.4, 0.5) is 18.9 Å². The van der Waals surface area contributed by atoms with Crippen LogP contribution in [0.25, 0.3) is 5.57 Å². The maximum absolute atomic E-state index is 12.7. The van der Waals surface area contributed by atoms with Crippen molar-refractivity contribution in [3.63, 3.8) is 0 Å². The molecule has 11 heteroatoms. The molecule has 2 aromatic rings. The van der Waals surface area contributed by atoms with E-state index in [-0.39, 0.29) is 21.6 Å². The molecule has 2 rings (SSSR count). The Kier molecular flexibility index (Phi) is 4.32. The lowest BCUT2D eigenvalue weighted by Crippen LogP contribution is -2.06. The van der Waals surface area contributed by atoms with Crippen LogP contribution in [0.2, 0.25) is 0 Å². The zero-order valence-corrected chi connectivity index (χ0v) is 12.1. The minimum Gasteiger partial charge on any atom is -0.505 e. The third-order valence-electron chi connectivity index (χ3n) is 2.47. The number of aromatic amines is 1. The number of halogens is 4. The summed E-state index contributed by atoms with van der Waals surface area (Å²) < 4.78 is 38.1. The normalized spacial score (nSPS) is 12.0. The highest BCUT2D eigenvalue weighted by molar-refractivity contribution is 9.10. The summed E-state index contributed by atoms with van der Waals surface area (Å²) in [5, 5.41) is 33.7. The quantitative estimate of drug-likeness (QED) is 0.562. The van der Waals surface area contributed by atoms with Crippen LogP contribution in [0.15, 0.2) is 22.8 Å². The second kappa shape index (κ2) is 6.02. The Balaban J connectivity index is 2.37. The van der Waals surface area contributed by atoms with Crippen LogP contribution in [0.1, 0.15) is 11.4 Å². The van der Waals surface area contributed by atoms with E-state index in [9.17, 15) is 18.3 Å². The first kappa shape index (κ1) is 15.8. The van der Waals surface area contributed by atoms with Crippen LogP contribution < -0.4 is 5.32 Å². The summed E-state index contributed by atoms with van der Waals surface area (Å²) in [4.78, 5) is 0. The fraction of sp³-hybridized carbons (Fsp3) is 0.0909. The van der Waals surface area contributed by atoms with Crippen LogP contribution in [-0.4, -0.2) is 25.7 Å². The van der Waals surface area contributed by atoms with Crippen molar-refractivity contribution in [3.05, 3.63) is 34.2 Å². The maximum Gasteiger partial charge on any atom is 0.416 e. The van der Waals surface area contributed by atoms with Crippen LogP contribution >= 0.6 is 15.9 Å². The van der Waals surface area contributed by atoms with Gasteiger partial charge in [-0.25, -0.2) is 0 Å².